The van der Waals surface area contributed by atoms with E-state index in [1.165, 1.54) is 17.6 Å². The van der Waals surface area contributed by atoms with Crippen molar-refractivity contribution in [3.05, 3.63) is 11.4 Å². The molecule has 0 amide bonds. The van der Waals surface area contributed by atoms with Crippen LogP contribution < -0.4 is 11.1 Å². The van der Waals surface area contributed by atoms with Crippen LogP contribution in [0.25, 0.3) is 10.2 Å². The topological polar surface area (TPSA) is 98.0 Å². The lowest BCUT2D eigenvalue weighted by Crippen LogP contribution is -2.11. The third kappa shape index (κ3) is 3.30. The van der Waals surface area contributed by atoms with E-state index in [1.54, 1.807) is 0 Å². The summed E-state index contributed by atoms with van der Waals surface area (Å²) in [7, 11) is -2.91. The molecule has 2 heterocycles. The monoisotopic (exact) mass is 286 g/mol. The van der Waals surface area contributed by atoms with Gasteiger partial charge in [-0.05, 0) is 17.9 Å². The summed E-state index contributed by atoms with van der Waals surface area (Å²) in [5, 5.41) is 5.93. The van der Waals surface area contributed by atoms with Crippen molar-refractivity contribution in [2.24, 2.45) is 0 Å². The van der Waals surface area contributed by atoms with Gasteiger partial charge in [-0.2, -0.15) is 4.98 Å². The molecule has 0 bridgehead atoms. The van der Waals surface area contributed by atoms with Crippen LogP contribution in [0, 0.1) is 0 Å². The molecule has 0 fully saturated rings. The van der Waals surface area contributed by atoms with Crippen LogP contribution >= 0.6 is 11.3 Å². The number of sulfone groups is 1. The lowest BCUT2D eigenvalue weighted by Gasteiger charge is -2.06. The highest BCUT2D eigenvalue weighted by Gasteiger charge is 2.07. The van der Waals surface area contributed by atoms with E-state index >= 15 is 0 Å². The summed E-state index contributed by atoms with van der Waals surface area (Å²) in [6, 6.07) is 1.92. The molecule has 3 N–H and O–H groups in total. The fourth-order valence-corrected chi connectivity index (χ4v) is 2.99. The molecule has 0 atom stereocenters. The molecular weight excluding hydrogens is 272 g/mol. The van der Waals surface area contributed by atoms with Gasteiger partial charge in [0.1, 0.15) is 20.5 Å². The molecule has 0 aliphatic heterocycles. The van der Waals surface area contributed by atoms with Crippen molar-refractivity contribution in [3.63, 3.8) is 0 Å². The average Bonchev–Trinajstić information content (AvgIpc) is 2.70. The lowest BCUT2D eigenvalue weighted by molar-refractivity contribution is 0.600. The molecule has 0 aromatic carbocycles. The van der Waals surface area contributed by atoms with E-state index in [1.807, 2.05) is 11.4 Å². The van der Waals surface area contributed by atoms with Gasteiger partial charge in [0, 0.05) is 12.8 Å². The second kappa shape index (κ2) is 5.07. The Morgan fingerprint density at radius 3 is 2.94 bits per heavy atom. The molecule has 0 radical (unpaired) electrons. The molecule has 2 aromatic rings. The van der Waals surface area contributed by atoms with Crippen LogP contribution in [0.3, 0.4) is 0 Å². The first-order chi connectivity index (χ1) is 8.46. The SMILES string of the molecule is CS(=O)(=O)CCCNc1nc(N)nc2sccc12. The van der Waals surface area contributed by atoms with Crippen molar-refractivity contribution in [2.45, 2.75) is 6.42 Å². The van der Waals surface area contributed by atoms with Gasteiger partial charge in [-0.1, -0.05) is 0 Å². The molecule has 6 nitrogen and oxygen atoms in total. The average molecular weight is 286 g/mol. The third-order valence-corrected chi connectivity index (χ3v) is 4.16. The van der Waals surface area contributed by atoms with E-state index in [9.17, 15) is 8.42 Å². The Balaban J connectivity index is 2.05. The molecule has 8 heteroatoms. The van der Waals surface area contributed by atoms with Crippen molar-refractivity contribution >= 4 is 43.2 Å². The Morgan fingerprint density at radius 1 is 1.44 bits per heavy atom. The Bertz CT molecular complexity index is 651. The first-order valence-electron chi connectivity index (χ1n) is 5.38. The van der Waals surface area contributed by atoms with Crippen LogP contribution in [0.5, 0.6) is 0 Å². The van der Waals surface area contributed by atoms with E-state index in [-0.39, 0.29) is 11.7 Å². The smallest absolute Gasteiger partial charge is 0.223 e. The molecular formula is C10H14N4O2S2. The van der Waals surface area contributed by atoms with Gasteiger partial charge in [-0.3, -0.25) is 0 Å². The second-order valence-electron chi connectivity index (χ2n) is 3.98. The first kappa shape index (κ1) is 13.0. The summed E-state index contributed by atoms with van der Waals surface area (Å²) in [6.07, 6.45) is 1.77. The lowest BCUT2D eigenvalue weighted by atomic mass is 10.3. The van der Waals surface area contributed by atoms with E-state index < -0.39 is 9.84 Å². The largest absolute Gasteiger partial charge is 0.369 e. The predicted molar refractivity (Wildman–Crippen MR) is 74.6 cm³/mol. The molecule has 98 valence electrons. The molecule has 0 saturated heterocycles. The van der Waals surface area contributed by atoms with Crippen molar-refractivity contribution < 1.29 is 8.42 Å². The number of nitrogens with zero attached hydrogens (tertiary/aromatic N) is 2. The Labute approximate surface area is 109 Å². The van der Waals surface area contributed by atoms with Crippen molar-refractivity contribution in [1.82, 2.24) is 9.97 Å². The highest BCUT2D eigenvalue weighted by Crippen LogP contribution is 2.25. The quantitative estimate of drug-likeness (QED) is 0.799. The summed E-state index contributed by atoms with van der Waals surface area (Å²) in [4.78, 5) is 9.06. The summed E-state index contributed by atoms with van der Waals surface area (Å²) in [5.41, 5.74) is 5.61. The fourth-order valence-electron chi connectivity index (χ4n) is 1.55. The predicted octanol–water partition coefficient (Wildman–Crippen LogP) is 1.12. The minimum atomic E-state index is -2.91. The van der Waals surface area contributed by atoms with E-state index in [2.05, 4.69) is 15.3 Å². The van der Waals surface area contributed by atoms with Crippen molar-refractivity contribution in [3.8, 4) is 0 Å². The Hall–Kier alpha value is -1.41. The van der Waals surface area contributed by atoms with Crippen molar-refractivity contribution in [2.75, 3.05) is 29.6 Å². The molecule has 0 spiro atoms. The van der Waals surface area contributed by atoms with Crippen LogP contribution in [-0.4, -0.2) is 36.9 Å². The molecule has 2 aromatic heterocycles. The van der Waals surface area contributed by atoms with Crippen LogP contribution in [0.15, 0.2) is 11.4 Å². The number of nitrogen functional groups attached to an aromatic ring is 1. The number of nitrogens with two attached hydrogens (primary N) is 1. The summed E-state index contributed by atoms with van der Waals surface area (Å²) in [5.74, 6) is 1.04. The fraction of sp³-hybridized carbons (Fsp3) is 0.400. The standard InChI is InChI=1S/C10H14N4O2S2/c1-18(15,16)6-2-4-12-8-7-3-5-17-9(7)14-10(11)13-8/h3,5H,2,4,6H2,1H3,(H3,11,12,13,14). The number of hydrogen-bond acceptors (Lipinski definition) is 7. The van der Waals surface area contributed by atoms with E-state index in [0.29, 0.717) is 18.8 Å². The number of nitrogens with one attached hydrogen (secondary N) is 1. The normalized spacial score (nSPS) is 11.8. The van der Waals surface area contributed by atoms with Crippen LogP contribution in [0.4, 0.5) is 11.8 Å². The minimum absolute atomic E-state index is 0.160. The molecule has 0 aliphatic carbocycles. The molecule has 0 aliphatic rings. The van der Waals surface area contributed by atoms with Crippen LogP contribution in [0.1, 0.15) is 6.42 Å². The summed E-state index contributed by atoms with van der Waals surface area (Å²) in [6.45, 7) is 0.536. The highest BCUT2D eigenvalue weighted by atomic mass is 32.2. The zero-order chi connectivity index (χ0) is 13.2. The van der Waals surface area contributed by atoms with Gasteiger partial charge in [0.15, 0.2) is 0 Å². The molecule has 18 heavy (non-hydrogen) atoms. The van der Waals surface area contributed by atoms with E-state index in [4.69, 9.17) is 5.73 Å². The molecule has 0 unspecified atom stereocenters. The number of rotatable bonds is 5. The maximum Gasteiger partial charge on any atom is 0.223 e. The van der Waals surface area contributed by atoms with Gasteiger partial charge < -0.3 is 11.1 Å². The summed E-state index contributed by atoms with van der Waals surface area (Å²) >= 11 is 1.49. The number of anilines is 2. The summed E-state index contributed by atoms with van der Waals surface area (Å²) < 4.78 is 22.0. The highest BCUT2D eigenvalue weighted by molar-refractivity contribution is 7.90. The molecule has 0 saturated carbocycles. The maximum atomic E-state index is 11.0. The number of fused-ring (bicyclic) bond motifs is 1. The number of thiophene rings is 1. The van der Waals surface area contributed by atoms with Gasteiger partial charge in [0.05, 0.1) is 11.1 Å². The maximum absolute atomic E-state index is 11.0. The first-order valence-corrected chi connectivity index (χ1v) is 8.32. The number of hydrogen-bond donors (Lipinski definition) is 2. The Morgan fingerprint density at radius 2 is 2.22 bits per heavy atom. The van der Waals surface area contributed by atoms with E-state index in [0.717, 1.165) is 10.2 Å². The van der Waals surface area contributed by atoms with Crippen LogP contribution in [0.2, 0.25) is 0 Å². The Kier molecular flexibility index (Phi) is 3.67. The molecule has 2 rings (SSSR count). The van der Waals surface area contributed by atoms with Gasteiger partial charge in [-0.15, -0.1) is 11.3 Å². The van der Waals surface area contributed by atoms with Gasteiger partial charge in [0.25, 0.3) is 0 Å². The zero-order valence-corrected chi connectivity index (χ0v) is 11.5. The minimum Gasteiger partial charge on any atom is -0.369 e. The third-order valence-electron chi connectivity index (χ3n) is 2.33. The van der Waals surface area contributed by atoms with Gasteiger partial charge in [-0.25, -0.2) is 13.4 Å². The second-order valence-corrected chi connectivity index (χ2v) is 7.13. The van der Waals surface area contributed by atoms with Crippen LogP contribution in [-0.2, 0) is 9.84 Å². The van der Waals surface area contributed by atoms with Gasteiger partial charge >= 0.3 is 0 Å². The van der Waals surface area contributed by atoms with Crippen molar-refractivity contribution in [1.29, 1.82) is 0 Å². The zero-order valence-electron chi connectivity index (χ0n) is 9.88. The number of aromatic nitrogens is 2. The van der Waals surface area contributed by atoms with Gasteiger partial charge in [0.2, 0.25) is 5.95 Å².